The van der Waals surface area contributed by atoms with Crippen molar-refractivity contribution in [2.45, 2.75) is 34.1 Å². The first-order valence-corrected chi connectivity index (χ1v) is 4.60. The Bertz CT molecular complexity index is 403. The molecule has 68 valence electrons. The molecule has 1 aliphatic rings. The molecule has 0 spiro atoms. The Kier molecular flexibility index (Phi) is 1.72. The number of aromatic nitrogens is 1. The van der Waals surface area contributed by atoms with Gasteiger partial charge in [-0.1, -0.05) is 0 Å². The summed E-state index contributed by atoms with van der Waals surface area (Å²) in [4.78, 5) is 8.90. The van der Waals surface area contributed by atoms with Crippen LogP contribution in [0.5, 0.6) is 0 Å². The van der Waals surface area contributed by atoms with Gasteiger partial charge in [-0.15, -0.1) is 0 Å². The fraction of sp³-hybridized carbons (Fsp3) is 0.455. The molecular weight excluding hydrogens is 160 g/mol. The summed E-state index contributed by atoms with van der Waals surface area (Å²) in [5.74, 6) is 0.943. The van der Waals surface area contributed by atoms with Crippen LogP contribution in [-0.4, -0.2) is 10.7 Å². The second-order valence-corrected chi connectivity index (χ2v) is 3.77. The molecule has 2 heterocycles. The number of rotatable bonds is 0. The lowest BCUT2D eigenvalue weighted by Crippen LogP contribution is -1.97. The van der Waals surface area contributed by atoms with Crippen molar-refractivity contribution in [3.05, 3.63) is 22.4 Å². The molecule has 13 heavy (non-hydrogen) atoms. The van der Waals surface area contributed by atoms with Crippen LogP contribution >= 0.6 is 0 Å². The average Bonchev–Trinajstić information content (AvgIpc) is 2.42. The van der Waals surface area contributed by atoms with Gasteiger partial charge in [0.05, 0.1) is 0 Å². The predicted octanol–water partition coefficient (Wildman–Crippen LogP) is 2.66. The SMILES string of the molecule is CC1=Nc2nc(C)c(C)c(C)c2C1. The lowest BCUT2D eigenvalue weighted by molar-refractivity contribution is 1.09. The van der Waals surface area contributed by atoms with Crippen LogP contribution in [0.25, 0.3) is 0 Å². The Hall–Kier alpha value is -1.18. The maximum Gasteiger partial charge on any atom is 0.155 e. The van der Waals surface area contributed by atoms with E-state index >= 15 is 0 Å². The fourth-order valence-electron chi connectivity index (χ4n) is 1.76. The molecule has 1 aromatic heterocycles. The normalized spacial score (nSPS) is 14.3. The van der Waals surface area contributed by atoms with E-state index in [1.165, 1.54) is 22.4 Å². The summed E-state index contributed by atoms with van der Waals surface area (Å²) < 4.78 is 0. The molecule has 0 atom stereocenters. The Morgan fingerprint density at radius 3 is 2.38 bits per heavy atom. The highest BCUT2D eigenvalue weighted by Crippen LogP contribution is 2.30. The van der Waals surface area contributed by atoms with Crippen LogP contribution in [0.4, 0.5) is 5.82 Å². The highest BCUT2D eigenvalue weighted by atomic mass is 14.9. The van der Waals surface area contributed by atoms with Gasteiger partial charge >= 0.3 is 0 Å². The molecule has 0 radical (unpaired) electrons. The van der Waals surface area contributed by atoms with Crippen molar-refractivity contribution in [1.82, 2.24) is 4.98 Å². The van der Waals surface area contributed by atoms with Gasteiger partial charge in [-0.25, -0.2) is 9.98 Å². The van der Waals surface area contributed by atoms with Crippen LogP contribution in [-0.2, 0) is 6.42 Å². The first-order valence-electron chi connectivity index (χ1n) is 4.60. The van der Waals surface area contributed by atoms with Crippen molar-refractivity contribution in [2.24, 2.45) is 4.99 Å². The largest absolute Gasteiger partial charge is 0.238 e. The number of fused-ring (bicyclic) bond motifs is 1. The van der Waals surface area contributed by atoms with E-state index in [-0.39, 0.29) is 0 Å². The van der Waals surface area contributed by atoms with Crippen LogP contribution in [0.3, 0.4) is 0 Å². The molecule has 2 rings (SSSR count). The zero-order chi connectivity index (χ0) is 9.59. The molecule has 0 saturated heterocycles. The van der Waals surface area contributed by atoms with E-state index in [0.717, 1.165) is 17.9 Å². The molecule has 1 aliphatic heterocycles. The van der Waals surface area contributed by atoms with Gasteiger partial charge in [0.25, 0.3) is 0 Å². The smallest absolute Gasteiger partial charge is 0.155 e. The lowest BCUT2D eigenvalue weighted by Gasteiger charge is -2.08. The zero-order valence-electron chi connectivity index (χ0n) is 8.60. The van der Waals surface area contributed by atoms with Gasteiger partial charge in [-0.3, -0.25) is 0 Å². The molecule has 0 amide bonds. The topological polar surface area (TPSA) is 25.2 Å². The Balaban J connectivity index is 2.67. The predicted molar refractivity (Wildman–Crippen MR) is 54.9 cm³/mol. The average molecular weight is 174 g/mol. The van der Waals surface area contributed by atoms with Gasteiger partial charge < -0.3 is 0 Å². The van der Waals surface area contributed by atoms with Crippen LogP contribution < -0.4 is 0 Å². The van der Waals surface area contributed by atoms with E-state index < -0.39 is 0 Å². The summed E-state index contributed by atoms with van der Waals surface area (Å²) in [7, 11) is 0. The van der Waals surface area contributed by atoms with Crippen molar-refractivity contribution in [3.8, 4) is 0 Å². The number of pyridine rings is 1. The van der Waals surface area contributed by atoms with Gasteiger partial charge in [0.2, 0.25) is 0 Å². The summed E-state index contributed by atoms with van der Waals surface area (Å²) in [6, 6.07) is 0. The fourth-order valence-corrected chi connectivity index (χ4v) is 1.76. The summed E-state index contributed by atoms with van der Waals surface area (Å²) in [5.41, 5.74) is 6.28. The Morgan fingerprint density at radius 2 is 1.69 bits per heavy atom. The summed E-state index contributed by atoms with van der Waals surface area (Å²) in [6.45, 7) is 8.40. The monoisotopic (exact) mass is 174 g/mol. The van der Waals surface area contributed by atoms with E-state index in [9.17, 15) is 0 Å². The van der Waals surface area contributed by atoms with Gasteiger partial charge in [0, 0.05) is 23.4 Å². The van der Waals surface area contributed by atoms with Crippen molar-refractivity contribution < 1.29 is 0 Å². The Morgan fingerprint density at radius 1 is 1.00 bits per heavy atom. The molecule has 0 N–H and O–H groups in total. The third-order valence-electron chi connectivity index (χ3n) is 2.83. The molecule has 0 unspecified atom stereocenters. The van der Waals surface area contributed by atoms with E-state index in [0.29, 0.717) is 0 Å². The minimum absolute atomic E-state index is 0.943. The molecule has 0 saturated carbocycles. The highest BCUT2D eigenvalue weighted by molar-refractivity contribution is 5.91. The van der Waals surface area contributed by atoms with Crippen molar-refractivity contribution in [3.63, 3.8) is 0 Å². The molecule has 0 bridgehead atoms. The van der Waals surface area contributed by atoms with E-state index in [1.54, 1.807) is 0 Å². The van der Waals surface area contributed by atoms with E-state index in [4.69, 9.17) is 0 Å². The Labute approximate surface area is 78.7 Å². The third-order valence-corrected chi connectivity index (χ3v) is 2.83. The number of aryl methyl sites for hydroxylation is 1. The highest BCUT2D eigenvalue weighted by Gasteiger charge is 2.17. The summed E-state index contributed by atoms with van der Waals surface area (Å²) in [6.07, 6.45) is 0.981. The van der Waals surface area contributed by atoms with Crippen molar-refractivity contribution in [1.29, 1.82) is 0 Å². The standard InChI is InChI=1S/C11H14N2/c1-6-5-10-8(3)7(2)9(4)13-11(10)12-6/h5H2,1-4H3. The van der Waals surface area contributed by atoms with Crippen LogP contribution in [0.1, 0.15) is 29.3 Å². The number of nitrogens with zero attached hydrogens (tertiary/aromatic N) is 2. The lowest BCUT2D eigenvalue weighted by atomic mass is 10.0. The van der Waals surface area contributed by atoms with Crippen LogP contribution in [0, 0.1) is 20.8 Å². The van der Waals surface area contributed by atoms with Gasteiger partial charge in [0.1, 0.15) is 0 Å². The van der Waals surface area contributed by atoms with Crippen LogP contribution in [0.2, 0.25) is 0 Å². The number of aliphatic imine (C=N–C) groups is 1. The molecular formula is C11H14N2. The molecule has 2 nitrogen and oxygen atoms in total. The minimum Gasteiger partial charge on any atom is -0.238 e. The molecule has 2 heteroatoms. The molecule has 0 fully saturated rings. The van der Waals surface area contributed by atoms with Crippen LogP contribution in [0.15, 0.2) is 4.99 Å². The van der Waals surface area contributed by atoms with Gasteiger partial charge in [-0.2, -0.15) is 0 Å². The zero-order valence-corrected chi connectivity index (χ0v) is 8.60. The second-order valence-electron chi connectivity index (χ2n) is 3.77. The maximum absolute atomic E-state index is 4.48. The third kappa shape index (κ3) is 1.17. The van der Waals surface area contributed by atoms with Gasteiger partial charge in [0.15, 0.2) is 5.82 Å². The number of hydrogen-bond acceptors (Lipinski definition) is 2. The first-order chi connectivity index (χ1) is 6.09. The first kappa shape index (κ1) is 8.42. The minimum atomic E-state index is 0.943. The molecule has 1 aromatic rings. The van der Waals surface area contributed by atoms with Crippen molar-refractivity contribution >= 4 is 11.5 Å². The number of hydrogen-bond donors (Lipinski definition) is 0. The quantitative estimate of drug-likeness (QED) is 0.593. The molecule has 0 aliphatic carbocycles. The molecule has 0 aromatic carbocycles. The second kappa shape index (κ2) is 2.66. The van der Waals surface area contributed by atoms with Crippen molar-refractivity contribution in [2.75, 3.05) is 0 Å². The van der Waals surface area contributed by atoms with E-state index in [1.807, 2.05) is 6.92 Å². The van der Waals surface area contributed by atoms with Gasteiger partial charge in [-0.05, 0) is 38.8 Å². The summed E-state index contributed by atoms with van der Waals surface area (Å²) in [5, 5.41) is 0. The van der Waals surface area contributed by atoms with E-state index in [2.05, 4.69) is 30.7 Å². The summed E-state index contributed by atoms with van der Waals surface area (Å²) >= 11 is 0. The maximum atomic E-state index is 4.48.